The molecule has 152 valence electrons. The largest absolute Gasteiger partial charge is 0.357 e. The second-order valence-corrected chi connectivity index (χ2v) is 7.27. The highest BCUT2D eigenvalue weighted by molar-refractivity contribution is 7.09. The molecule has 5 nitrogen and oxygen atoms in total. The van der Waals surface area contributed by atoms with Crippen LogP contribution in [0.3, 0.4) is 0 Å². The molecule has 9 heteroatoms. The number of rotatable bonds is 8. The number of thiophene rings is 1. The second-order valence-electron chi connectivity index (χ2n) is 6.24. The molecule has 0 radical (unpaired) electrons. The van der Waals surface area contributed by atoms with Gasteiger partial charge in [0.05, 0.1) is 5.69 Å². The zero-order valence-corrected chi connectivity index (χ0v) is 16.5. The molecule has 1 unspecified atom stereocenters. The summed E-state index contributed by atoms with van der Waals surface area (Å²) in [5.74, 6) is -4.23. The van der Waals surface area contributed by atoms with Crippen LogP contribution in [0.2, 0.25) is 0 Å². The minimum absolute atomic E-state index is 0.299. The first-order valence-corrected chi connectivity index (χ1v) is 9.76. The Morgan fingerprint density at radius 2 is 1.96 bits per heavy atom. The second kappa shape index (κ2) is 10.7. The lowest BCUT2D eigenvalue weighted by Gasteiger charge is -2.15. The molecule has 28 heavy (non-hydrogen) atoms. The molecule has 0 saturated carbocycles. The highest BCUT2D eigenvalue weighted by Gasteiger charge is 2.15. The summed E-state index contributed by atoms with van der Waals surface area (Å²) in [5, 5.41) is 10.4. The van der Waals surface area contributed by atoms with Gasteiger partial charge in [0, 0.05) is 18.0 Å². The molecule has 0 saturated heterocycles. The monoisotopic (exact) mass is 412 g/mol. The average Bonchev–Trinajstić information content (AvgIpc) is 3.17. The van der Waals surface area contributed by atoms with E-state index in [1.165, 1.54) is 4.88 Å². The van der Waals surface area contributed by atoms with Gasteiger partial charge in [-0.1, -0.05) is 13.0 Å². The lowest BCUT2D eigenvalue weighted by atomic mass is 10.1. The van der Waals surface area contributed by atoms with Gasteiger partial charge in [0.15, 0.2) is 23.4 Å². The number of hydrogen-bond acceptors (Lipinski definition) is 3. The summed E-state index contributed by atoms with van der Waals surface area (Å²) in [4.78, 5) is 17.4. The molecule has 0 aliphatic heterocycles. The predicted molar refractivity (Wildman–Crippen MR) is 106 cm³/mol. The quantitative estimate of drug-likeness (QED) is 0.353. The van der Waals surface area contributed by atoms with Crippen molar-refractivity contribution < 1.29 is 18.0 Å². The lowest BCUT2D eigenvalue weighted by Crippen LogP contribution is -2.40. The molecule has 1 atom stereocenters. The van der Waals surface area contributed by atoms with Crippen LogP contribution >= 0.6 is 11.3 Å². The first kappa shape index (κ1) is 21.7. The first-order chi connectivity index (χ1) is 13.4. The molecular formula is C19H23F3N4OS. The van der Waals surface area contributed by atoms with Crippen LogP contribution in [0.25, 0.3) is 0 Å². The summed E-state index contributed by atoms with van der Waals surface area (Å²) in [7, 11) is 0. The fourth-order valence-electron chi connectivity index (χ4n) is 2.42. The Balaban J connectivity index is 1.88. The van der Waals surface area contributed by atoms with Crippen molar-refractivity contribution in [2.45, 2.75) is 20.3 Å². The number of carbonyl (C=O) groups excluding carboxylic acids is 1. The summed E-state index contributed by atoms with van der Waals surface area (Å²) in [5.41, 5.74) is -0.429. The van der Waals surface area contributed by atoms with Crippen molar-refractivity contribution in [2.75, 3.05) is 25.0 Å². The number of benzene rings is 1. The van der Waals surface area contributed by atoms with Gasteiger partial charge in [-0.3, -0.25) is 4.79 Å². The number of anilines is 1. The number of amides is 1. The third kappa shape index (κ3) is 6.56. The maximum Gasteiger partial charge on any atom is 0.246 e. The number of halogens is 3. The Kier molecular flexibility index (Phi) is 8.31. The summed E-state index contributed by atoms with van der Waals surface area (Å²) in [6.07, 6.45) is 0.931. The number of carbonyl (C=O) groups is 1. The van der Waals surface area contributed by atoms with Crippen LogP contribution < -0.4 is 16.0 Å². The third-order valence-corrected chi connectivity index (χ3v) is 4.68. The Labute approximate surface area is 166 Å². The van der Waals surface area contributed by atoms with Gasteiger partial charge in [-0.15, -0.1) is 11.3 Å². The van der Waals surface area contributed by atoms with Crippen LogP contribution in [0.15, 0.2) is 34.6 Å². The van der Waals surface area contributed by atoms with Crippen molar-refractivity contribution >= 4 is 28.9 Å². The number of aliphatic imine (C=N–C) groups is 1. The van der Waals surface area contributed by atoms with Crippen molar-refractivity contribution in [1.82, 2.24) is 10.6 Å². The molecule has 3 N–H and O–H groups in total. The summed E-state index contributed by atoms with van der Waals surface area (Å²) >= 11 is 1.71. The van der Waals surface area contributed by atoms with E-state index in [9.17, 15) is 18.0 Å². The minimum atomic E-state index is -1.63. The van der Waals surface area contributed by atoms with Crippen LogP contribution in [0.4, 0.5) is 18.9 Å². The number of hydrogen-bond donors (Lipinski definition) is 3. The average molecular weight is 412 g/mol. The Morgan fingerprint density at radius 1 is 1.18 bits per heavy atom. The van der Waals surface area contributed by atoms with Gasteiger partial charge in [-0.25, -0.2) is 18.2 Å². The van der Waals surface area contributed by atoms with E-state index < -0.39 is 29.0 Å². The number of guanidine groups is 1. The SMILES string of the molecule is CCNC(=NCC(=O)Nc1ccc(F)c(F)c1F)NCC(C)Cc1cccs1. The van der Waals surface area contributed by atoms with Gasteiger partial charge in [0.1, 0.15) is 6.54 Å². The van der Waals surface area contributed by atoms with Gasteiger partial charge in [0.2, 0.25) is 5.91 Å². The number of nitrogens with one attached hydrogen (secondary N) is 3. The van der Waals surface area contributed by atoms with Crippen molar-refractivity contribution in [3.8, 4) is 0 Å². The van der Waals surface area contributed by atoms with E-state index in [2.05, 4.69) is 33.9 Å². The van der Waals surface area contributed by atoms with E-state index in [1.54, 1.807) is 11.3 Å². The highest BCUT2D eigenvalue weighted by Crippen LogP contribution is 2.19. The lowest BCUT2D eigenvalue weighted by molar-refractivity contribution is -0.114. The highest BCUT2D eigenvalue weighted by atomic mass is 32.1. The van der Waals surface area contributed by atoms with Crippen LogP contribution in [0.1, 0.15) is 18.7 Å². The number of nitrogens with zero attached hydrogens (tertiary/aromatic N) is 1. The predicted octanol–water partition coefficient (Wildman–Crippen LogP) is 3.54. The van der Waals surface area contributed by atoms with Crippen LogP contribution in [0, 0.1) is 23.4 Å². The van der Waals surface area contributed by atoms with Crippen LogP contribution in [-0.2, 0) is 11.2 Å². The van der Waals surface area contributed by atoms with E-state index in [1.807, 2.05) is 18.4 Å². The summed E-state index contributed by atoms with van der Waals surface area (Å²) < 4.78 is 39.8. The molecule has 1 aromatic carbocycles. The topological polar surface area (TPSA) is 65.5 Å². The van der Waals surface area contributed by atoms with Crippen LogP contribution in [0.5, 0.6) is 0 Å². The van der Waals surface area contributed by atoms with Crippen LogP contribution in [-0.4, -0.2) is 31.5 Å². The molecule has 0 spiro atoms. The van der Waals surface area contributed by atoms with Gasteiger partial charge in [-0.05, 0) is 42.8 Å². The fraction of sp³-hybridized carbons (Fsp3) is 0.368. The molecule has 0 fully saturated rings. The van der Waals surface area contributed by atoms with Gasteiger partial charge >= 0.3 is 0 Å². The zero-order chi connectivity index (χ0) is 20.5. The van der Waals surface area contributed by atoms with Gasteiger partial charge in [0.25, 0.3) is 0 Å². The zero-order valence-electron chi connectivity index (χ0n) is 15.7. The Morgan fingerprint density at radius 3 is 2.64 bits per heavy atom. The third-order valence-electron chi connectivity index (χ3n) is 3.78. The first-order valence-electron chi connectivity index (χ1n) is 8.88. The molecule has 2 aromatic rings. The summed E-state index contributed by atoms with van der Waals surface area (Å²) in [6, 6.07) is 5.81. The molecule has 1 heterocycles. The van der Waals surface area contributed by atoms with Crippen molar-refractivity contribution in [1.29, 1.82) is 0 Å². The van der Waals surface area contributed by atoms with Crippen molar-refractivity contribution in [3.05, 3.63) is 52.0 Å². The molecule has 0 aliphatic rings. The molecular weight excluding hydrogens is 389 g/mol. The molecule has 2 rings (SSSR count). The molecule has 0 bridgehead atoms. The summed E-state index contributed by atoms with van der Waals surface area (Å²) in [6.45, 7) is 4.96. The maximum absolute atomic E-state index is 13.6. The van der Waals surface area contributed by atoms with Gasteiger partial charge < -0.3 is 16.0 Å². The Hall–Kier alpha value is -2.55. The maximum atomic E-state index is 13.6. The van der Waals surface area contributed by atoms with Crippen molar-refractivity contribution in [2.24, 2.45) is 10.9 Å². The van der Waals surface area contributed by atoms with Gasteiger partial charge in [-0.2, -0.15) is 0 Å². The standard InChI is InChI=1S/C19H23F3N4OS/c1-3-23-19(24-10-12(2)9-13-5-4-8-28-13)25-11-16(27)26-15-7-6-14(20)17(21)18(15)22/h4-8,12H,3,9-11H2,1-2H3,(H,26,27)(H2,23,24,25). The molecule has 1 aromatic heterocycles. The molecule has 1 amide bonds. The Bertz CT molecular complexity index is 812. The van der Waals surface area contributed by atoms with Crippen molar-refractivity contribution in [3.63, 3.8) is 0 Å². The fourth-order valence-corrected chi connectivity index (χ4v) is 3.29. The minimum Gasteiger partial charge on any atom is -0.357 e. The van der Waals surface area contributed by atoms with E-state index in [-0.39, 0.29) is 6.54 Å². The smallest absolute Gasteiger partial charge is 0.246 e. The van der Waals surface area contributed by atoms with E-state index in [4.69, 9.17) is 0 Å². The van der Waals surface area contributed by atoms with E-state index >= 15 is 0 Å². The van der Waals surface area contributed by atoms with E-state index in [0.29, 0.717) is 25.0 Å². The van der Waals surface area contributed by atoms with E-state index in [0.717, 1.165) is 18.6 Å². The molecule has 0 aliphatic carbocycles. The normalized spacial score (nSPS) is 12.5.